The number of sulfonamides is 1. The smallest absolute Gasteiger partial charge is 0.242 e. The van der Waals surface area contributed by atoms with Crippen LogP contribution < -0.4 is 4.72 Å². The van der Waals surface area contributed by atoms with Crippen molar-refractivity contribution in [3.63, 3.8) is 0 Å². The third kappa shape index (κ3) is 3.37. The third-order valence-corrected chi connectivity index (χ3v) is 4.58. The Bertz CT molecular complexity index is 712. The van der Waals surface area contributed by atoms with Gasteiger partial charge in [0.2, 0.25) is 10.0 Å². The van der Waals surface area contributed by atoms with E-state index < -0.39 is 10.0 Å². The van der Waals surface area contributed by atoms with Crippen LogP contribution in [-0.4, -0.2) is 23.3 Å². The van der Waals surface area contributed by atoms with E-state index >= 15 is 0 Å². The van der Waals surface area contributed by atoms with Crippen molar-refractivity contribution in [3.8, 4) is 0 Å². The lowest BCUT2D eigenvalue weighted by molar-refractivity contribution is 0.281. The fraction of sp³-hybridized carbons (Fsp3) is 0.250. The van der Waals surface area contributed by atoms with E-state index in [-0.39, 0.29) is 23.1 Å². The number of benzene rings is 1. The van der Waals surface area contributed by atoms with Gasteiger partial charge in [-0.15, -0.1) is 0 Å². The quantitative estimate of drug-likeness (QED) is 0.863. The first-order chi connectivity index (χ1) is 9.42. The van der Waals surface area contributed by atoms with Crippen molar-refractivity contribution >= 4 is 21.6 Å². The summed E-state index contributed by atoms with van der Waals surface area (Å²) >= 11 is 5.91. The first-order valence-electron chi connectivity index (χ1n) is 5.79. The van der Waals surface area contributed by atoms with Crippen molar-refractivity contribution in [2.45, 2.75) is 18.0 Å². The molecule has 0 atom stereocenters. The van der Waals surface area contributed by atoms with Gasteiger partial charge < -0.3 is 5.11 Å². The minimum absolute atomic E-state index is 0.0467. The standard InChI is InChI=1S/C12H14ClN3O3S/c1-16-7-10(5-14-16)6-15-20(18,19)12-4-9(8-17)2-3-11(12)13/h2-5,7,15,17H,6,8H2,1H3. The minimum Gasteiger partial charge on any atom is -0.392 e. The van der Waals surface area contributed by atoms with Crippen LogP contribution in [0.4, 0.5) is 0 Å². The average Bonchev–Trinajstić information content (AvgIpc) is 2.83. The van der Waals surface area contributed by atoms with Gasteiger partial charge in [0.1, 0.15) is 4.90 Å². The van der Waals surface area contributed by atoms with Crippen molar-refractivity contribution in [2.75, 3.05) is 0 Å². The monoisotopic (exact) mass is 315 g/mol. The van der Waals surface area contributed by atoms with E-state index in [0.717, 1.165) is 5.56 Å². The maximum Gasteiger partial charge on any atom is 0.242 e. The molecule has 2 N–H and O–H groups in total. The summed E-state index contributed by atoms with van der Waals surface area (Å²) in [5.74, 6) is 0. The molecule has 0 fully saturated rings. The number of nitrogens with one attached hydrogen (secondary N) is 1. The molecule has 2 aromatic rings. The highest BCUT2D eigenvalue weighted by molar-refractivity contribution is 7.89. The van der Waals surface area contributed by atoms with Crippen molar-refractivity contribution < 1.29 is 13.5 Å². The van der Waals surface area contributed by atoms with Crippen molar-refractivity contribution in [2.24, 2.45) is 7.05 Å². The Balaban J connectivity index is 2.21. The molecule has 0 bridgehead atoms. The van der Waals surface area contributed by atoms with Crippen LogP contribution in [0.5, 0.6) is 0 Å². The van der Waals surface area contributed by atoms with E-state index in [2.05, 4.69) is 9.82 Å². The summed E-state index contributed by atoms with van der Waals surface area (Å²) in [6.07, 6.45) is 3.29. The van der Waals surface area contributed by atoms with E-state index in [4.69, 9.17) is 16.7 Å². The molecule has 0 aliphatic carbocycles. The zero-order chi connectivity index (χ0) is 14.8. The summed E-state index contributed by atoms with van der Waals surface area (Å²) in [7, 11) is -1.99. The molecule has 0 aliphatic rings. The molecular formula is C12H14ClN3O3S. The Hall–Kier alpha value is -1.41. The highest BCUT2D eigenvalue weighted by atomic mass is 35.5. The van der Waals surface area contributed by atoms with Crippen LogP contribution in [0.2, 0.25) is 5.02 Å². The molecule has 1 aromatic carbocycles. The molecule has 0 unspecified atom stereocenters. The Labute approximate surface area is 122 Å². The van der Waals surface area contributed by atoms with Crippen LogP contribution in [-0.2, 0) is 30.2 Å². The maximum absolute atomic E-state index is 12.2. The van der Waals surface area contributed by atoms with Gasteiger partial charge in [0.05, 0.1) is 17.8 Å². The fourth-order valence-electron chi connectivity index (χ4n) is 1.67. The molecule has 20 heavy (non-hydrogen) atoms. The molecule has 0 radical (unpaired) electrons. The summed E-state index contributed by atoms with van der Waals surface area (Å²) in [6.45, 7) is -0.127. The Morgan fingerprint density at radius 3 is 2.75 bits per heavy atom. The first kappa shape index (κ1) is 15.0. The topological polar surface area (TPSA) is 84.2 Å². The molecule has 0 spiro atoms. The van der Waals surface area contributed by atoms with Gasteiger partial charge in [-0.05, 0) is 17.7 Å². The highest BCUT2D eigenvalue weighted by Gasteiger charge is 2.18. The van der Waals surface area contributed by atoms with Crippen LogP contribution in [0.3, 0.4) is 0 Å². The number of hydrogen-bond donors (Lipinski definition) is 2. The van der Waals surface area contributed by atoms with Crippen molar-refractivity contribution in [1.29, 1.82) is 0 Å². The second kappa shape index (κ2) is 5.92. The normalized spacial score (nSPS) is 11.8. The van der Waals surface area contributed by atoms with Crippen LogP contribution >= 0.6 is 11.6 Å². The molecule has 0 saturated heterocycles. The number of rotatable bonds is 5. The van der Waals surface area contributed by atoms with Gasteiger partial charge in [-0.2, -0.15) is 5.10 Å². The second-order valence-electron chi connectivity index (χ2n) is 4.27. The number of aliphatic hydroxyl groups is 1. The zero-order valence-electron chi connectivity index (χ0n) is 10.7. The van der Waals surface area contributed by atoms with Crippen LogP contribution in [0.15, 0.2) is 35.5 Å². The Kier molecular flexibility index (Phi) is 4.44. The van der Waals surface area contributed by atoms with Gasteiger partial charge in [-0.1, -0.05) is 17.7 Å². The number of aryl methyl sites for hydroxylation is 1. The number of nitrogens with zero attached hydrogens (tertiary/aromatic N) is 2. The third-order valence-electron chi connectivity index (χ3n) is 2.69. The molecular weight excluding hydrogens is 302 g/mol. The highest BCUT2D eigenvalue weighted by Crippen LogP contribution is 2.22. The molecule has 0 amide bonds. The molecule has 6 nitrogen and oxygen atoms in total. The summed E-state index contributed by atoms with van der Waals surface area (Å²) in [5, 5.41) is 13.1. The van der Waals surface area contributed by atoms with Gasteiger partial charge in [0.25, 0.3) is 0 Å². The van der Waals surface area contributed by atoms with Crippen LogP contribution in [0, 0.1) is 0 Å². The lowest BCUT2D eigenvalue weighted by atomic mass is 10.2. The second-order valence-corrected chi connectivity index (χ2v) is 6.41. The molecule has 0 saturated carbocycles. The van der Waals surface area contributed by atoms with E-state index in [0.29, 0.717) is 5.56 Å². The van der Waals surface area contributed by atoms with Gasteiger partial charge >= 0.3 is 0 Å². The predicted octanol–water partition coefficient (Wildman–Crippen LogP) is 1.04. The number of hydrogen-bond acceptors (Lipinski definition) is 4. The summed E-state index contributed by atoms with van der Waals surface area (Å²) in [6, 6.07) is 4.38. The summed E-state index contributed by atoms with van der Waals surface area (Å²) in [5.41, 5.74) is 1.22. The lowest BCUT2D eigenvalue weighted by Crippen LogP contribution is -2.23. The Morgan fingerprint density at radius 1 is 1.40 bits per heavy atom. The molecule has 8 heteroatoms. The maximum atomic E-state index is 12.2. The number of halogens is 1. The molecule has 1 aromatic heterocycles. The fourth-order valence-corrected chi connectivity index (χ4v) is 3.24. The van der Waals surface area contributed by atoms with E-state index in [1.807, 2.05) is 0 Å². The van der Waals surface area contributed by atoms with Crippen molar-refractivity contribution in [3.05, 3.63) is 46.7 Å². The van der Waals surface area contributed by atoms with Gasteiger partial charge in [-0.3, -0.25) is 4.68 Å². The van der Waals surface area contributed by atoms with E-state index in [1.54, 1.807) is 30.2 Å². The van der Waals surface area contributed by atoms with Gasteiger partial charge in [-0.25, -0.2) is 13.1 Å². The number of aliphatic hydroxyl groups excluding tert-OH is 1. The first-order valence-corrected chi connectivity index (χ1v) is 7.65. The van der Waals surface area contributed by atoms with Crippen LogP contribution in [0.1, 0.15) is 11.1 Å². The Morgan fingerprint density at radius 2 is 2.15 bits per heavy atom. The molecule has 2 rings (SSSR count). The minimum atomic E-state index is -3.74. The summed E-state index contributed by atoms with van der Waals surface area (Å²) < 4.78 is 28.4. The van der Waals surface area contributed by atoms with E-state index in [1.165, 1.54) is 12.1 Å². The predicted molar refractivity (Wildman–Crippen MR) is 74.6 cm³/mol. The van der Waals surface area contributed by atoms with Gasteiger partial charge in [0, 0.05) is 25.4 Å². The average molecular weight is 316 g/mol. The lowest BCUT2D eigenvalue weighted by Gasteiger charge is -2.08. The largest absolute Gasteiger partial charge is 0.392 e. The summed E-state index contributed by atoms with van der Waals surface area (Å²) in [4.78, 5) is -0.0467. The zero-order valence-corrected chi connectivity index (χ0v) is 12.3. The van der Waals surface area contributed by atoms with Gasteiger partial charge in [0.15, 0.2) is 0 Å². The van der Waals surface area contributed by atoms with E-state index in [9.17, 15) is 8.42 Å². The molecule has 1 heterocycles. The van der Waals surface area contributed by atoms with Crippen molar-refractivity contribution in [1.82, 2.24) is 14.5 Å². The molecule has 108 valence electrons. The molecule has 0 aliphatic heterocycles. The SMILES string of the molecule is Cn1cc(CNS(=O)(=O)c2cc(CO)ccc2Cl)cn1. The van der Waals surface area contributed by atoms with Crippen LogP contribution in [0.25, 0.3) is 0 Å². The number of aromatic nitrogens is 2.